The second-order valence-electron chi connectivity index (χ2n) is 19.6. The first kappa shape index (κ1) is 56.4. The van der Waals surface area contributed by atoms with Gasteiger partial charge in [0.1, 0.15) is 40.1 Å². The van der Waals surface area contributed by atoms with Crippen LogP contribution >= 0.6 is 0 Å². The van der Waals surface area contributed by atoms with E-state index in [9.17, 15) is 29.7 Å². The molecule has 6 aromatic carbocycles. The Balaban J connectivity index is 1.07. The number of amides is 2. The van der Waals surface area contributed by atoms with Gasteiger partial charge in [0.05, 0.1) is 35.7 Å². The number of unbranched alkanes of at least 4 members (excludes halogenated alkanes) is 16. The van der Waals surface area contributed by atoms with Crippen molar-refractivity contribution in [1.29, 1.82) is 0 Å². The fourth-order valence-electron chi connectivity index (χ4n) is 9.33. The lowest BCUT2D eigenvalue weighted by Crippen LogP contribution is -2.35. The van der Waals surface area contributed by atoms with Gasteiger partial charge in [0.2, 0.25) is 0 Å². The number of rotatable bonds is 31. The van der Waals surface area contributed by atoms with Crippen molar-refractivity contribution >= 4 is 51.1 Å². The van der Waals surface area contributed by atoms with Crippen LogP contribution in [0.25, 0.3) is 21.8 Å². The molecule has 14 nitrogen and oxygen atoms in total. The number of aromatic nitrogens is 3. The number of hydrogen-bond donors (Lipinski definition) is 4. The van der Waals surface area contributed by atoms with Crippen LogP contribution in [0.4, 0.5) is 16.2 Å². The predicted octanol–water partition coefficient (Wildman–Crippen LogP) is 14.3. The summed E-state index contributed by atoms with van der Waals surface area (Å²) in [4.78, 5) is 44.4. The van der Waals surface area contributed by atoms with Gasteiger partial charge in [0.15, 0.2) is 6.29 Å². The van der Waals surface area contributed by atoms with Crippen LogP contribution in [-0.4, -0.2) is 67.2 Å². The van der Waals surface area contributed by atoms with E-state index in [2.05, 4.69) is 29.4 Å². The Hall–Kier alpha value is -7.29. The largest absolute Gasteiger partial charge is 0.506 e. The van der Waals surface area contributed by atoms with E-state index in [1.807, 2.05) is 24.3 Å². The van der Waals surface area contributed by atoms with E-state index >= 15 is 0 Å². The van der Waals surface area contributed by atoms with Crippen molar-refractivity contribution in [2.24, 2.45) is 0 Å². The molecule has 0 saturated heterocycles. The summed E-state index contributed by atoms with van der Waals surface area (Å²) >= 11 is 0. The molecular weight excluding hydrogens is 959 g/mol. The molecule has 2 amide bonds. The van der Waals surface area contributed by atoms with E-state index in [0.717, 1.165) is 49.7 Å². The number of aliphatic hydroxyl groups is 2. The molecule has 14 heteroatoms. The van der Waals surface area contributed by atoms with Crippen LogP contribution in [0.1, 0.15) is 162 Å². The van der Waals surface area contributed by atoms with Crippen LogP contribution in [0.3, 0.4) is 0 Å². The zero-order valence-corrected chi connectivity index (χ0v) is 44.2. The smallest absolute Gasteiger partial charge is 0.366 e. The Morgan fingerprint density at radius 2 is 1.25 bits per heavy atom. The van der Waals surface area contributed by atoms with Gasteiger partial charge in [-0.05, 0) is 91.6 Å². The van der Waals surface area contributed by atoms with Gasteiger partial charge in [-0.2, -0.15) is 0 Å². The second-order valence-corrected chi connectivity index (χ2v) is 19.6. The van der Waals surface area contributed by atoms with Crippen molar-refractivity contribution in [1.82, 2.24) is 15.0 Å². The van der Waals surface area contributed by atoms with Gasteiger partial charge in [-0.3, -0.25) is 9.69 Å². The first-order valence-electron chi connectivity index (χ1n) is 27.5. The molecule has 0 aliphatic carbocycles. The molecule has 7 rings (SSSR count). The van der Waals surface area contributed by atoms with E-state index in [1.165, 1.54) is 87.7 Å². The number of aromatic hydroxyl groups is 1. The Morgan fingerprint density at radius 1 is 0.618 bits per heavy atom. The Bertz CT molecular complexity index is 2920. The summed E-state index contributed by atoms with van der Waals surface area (Å²) in [5.74, 6) is -0.0652. The Labute approximate surface area is 447 Å². The fourth-order valence-corrected chi connectivity index (χ4v) is 9.33. The summed E-state index contributed by atoms with van der Waals surface area (Å²) in [5.41, 5.74) is 2.42. The maximum atomic E-state index is 14.9. The number of carbonyl (C=O) groups is 3. The van der Waals surface area contributed by atoms with Crippen LogP contribution < -0.4 is 24.4 Å². The topological polar surface area (TPSA) is 186 Å². The molecule has 0 radical (unpaired) electrons. The summed E-state index contributed by atoms with van der Waals surface area (Å²) in [6.07, 6.45) is 19.3. The van der Waals surface area contributed by atoms with Gasteiger partial charge in [-0.1, -0.05) is 182 Å². The van der Waals surface area contributed by atoms with E-state index in [1.54, 1.807) is 91.0 Å². The lowest BCUT2D eigenvalue weighted by atomic mass is 10.0. The van der Waals surface area contributed by atoms with E-state index in [4.69, 9.17) is 14.2 Å². The molecule has 1 atom stereocenters. The number of hydrogen-bond acceptors (Lipinski definition) is 11. The summed E-state index contributed by atoms with van der Waals surface area (Å²) in [6.45, 7) is 4.93. The highest BCUT2D eigenvalue weighted by Crippen LogP contribution is 2.37. The van der Waals surface area contributed by atoms with Gasteiger partial charge in [0.25, 0.3) is 5.91 Å². The third-order valence-corrected chi connectivity index (χ3v) is 13.6. The number of esters is 1. The average molecular weight is 1030 g/mol. The van der Waals surface area contributed by atoms with E-state index in [0.29, 0.717) is 63.5 Å². The SMILES string of the molecule is CCCCCCCCCCCCCCOc1ccccc1NC(=O)c1ccc2c(N(Cc3ccc(OC(CCCCCCCC)C(O)O)cc3)C(=O)n3nc4ccc(C(=O)Oc5ccccc5)cc4n3)cccc2c1O. The van der Waals surface area contributed by atoms with Gasteiger partial charge in [0, 0.05) is 10.8 Å². The summed E-state index contributed by atoms with van der Waals surface area (Å²) in [7, 11) is 0. The zero-order chi connectivity index (χ0) is 53.5. The lowest BCUT2D eigenvalue weighted by molar-refractivity contribution is -0.114. The number of carbonyl (C=O) groups excluding carboxylic acids is 3. The van der Waals surface area contributed by atoms with Crippen molar-refractivity contribution in [2.75, 3.05) is 16.8 Å². The number of phenolic OH excluding ortho intramolecular Hbond substituents is 1. The number of nitrogens with zero attached hydrogens (tertiary/aromatic N) is 4. The number of ether oxygens (including phenoxy) is 3. The van der Waals surface area contributed by atoms with Gasteiger partial charge >= 0.3 is 12.0 Å². The second kappa shape index (κ2) is 29.7. The molecule has 4 N–H and O–H groups in total. The van der Waals surface area contributed by atoms with Crippen LogP contribution in [0, 0.1) is 0 Å². The molecule has 1 aromatic heterocycles. The molecule has 76 heavy (non-hydrogen) atoms. The van der Waals surface area contributed by atoms with Crippen LogP contribution in [0.15, 0.2) is 127 Å². The highest BCUT2D eigenvalue weighted by atomic mass is 16.6. The number of nitrogens with one attached hydrogen (secondary N) is 1. The minimum absolute atomic E-state index is 0.00633. The fraction of sp³-hybridized carbons (Fsp3) is 0.403. The lowest BCUT2D eigenvalue weighted by Gasteiger charge is -2.24. The number of para-hydroxylation sites is 3. The first-order chi connectivity index (χ1) is 37.1. The van der Waals surface area contributed by atoms with Crippen LogP contribution in [0.2, 0.25) is 0 Å². The van der Waals surface area contributed by atoms with Crippen LogP contribution in [-0.2, 0) is 6.54 Å². The van der Waals surface area contributed by atoms with Gasteiger partial charge in [-0.15, -0.1) is 10.2 Å². The van der Waals surface area contributed by atoms with Crippen molar-refractivity contribution in [3.05, 3.63) is 144 Å². The maximum absolute atomic E-state index is 14.9. The predicted molar refractivity (Wildman–Crippen MR) is 300 cm³/mol. The molecule has 1 heterocycles. The molecule has 0 fully saturated rings. The number of benzene rings is 6. The van der Waals surface area contributed by atoms with E-state index in [-0.39, 0.29) is 28.9 Å². The number of phenols is 1. The van der Waals surface area contributed by atoms with Crippen molar-refractivity contribution < 1.29 is 43.9 Å². The Kier molecular flexibility index (Phi) is 22.1. The van der Waals surface area contributed by atoms with Crippen molar-refractivity contribution in [3.8, 4) is 23.0 Å². The summed E-state index contributed by atoms with van der Waals surface area (Å²) in [6, 6.07) is 35.3. The first-order valence-corrected chi connectivity index (χ1v) is 27.5. The zero-order valence-electron chi connectivity index (χ0n) is 44.2. The highest BCUT2D eigenvalue weighted by molar-refractivity contribution is 6.13. The number of fused-ring (bicyclic) bond motifs is 2. The third kappa shape index (κ3) is 16.4. The third-order valence-electron chi connectivity index (χ3n) is 13.6. The van der Waals surface area contributed by atoms with Gasteiger partial charge in [-0.25, -0.2) is 9.59 Å². The molecular formula is C62H75N5O9. The monoisotopic (exact) mass is 1030 g/mol. The molecule has 7 aromatic rings. The van der Waals surface area contributed by atoms with Crippen molar-refractivity contribution in [3.63, 3.8) is 0 Å². The average Bonchev–Trinajstić information content (AvgIpc) is 3.88. The molecule has 0 bridgehead atoms. The quantitative estimate of drug-likeness (QED) is 0.0140. The van der Waals surface area contributed by atoms with Crippen LogP contribution in [0.5, 0.6) is 23.0 Å². The molecule has 402 valence electrons. The molecule has 0 saturated carbocycles. The molecule has 1 unspecified atom stereocenters. The minimum atomic E-state index is -1.66. The standard InChI is InChI=1S/C62H75N5O9/c1-3-5-7-9-11-12-13-14-15-16-18-25-42-74-56-32-24-23-30-53(56)63-59(69)51-40-39-49-50(58(51)68)29-26-31-55(49)66(44-45-34-37-48(38-35-45)75-57(60(70)71)33-22-17-10-8-6-4-2)62(73)67-64-52-41-36-46(43-54(52)65-67)61(72)76-47-27-20-19-21-28-47/h19-21,23-24,26-32,34-41,43,57,60,68,70-71H,3-18,22,25,33,42,44H2,1-2H3,(H,63,69). The molecule has 0 spiro atoms. The van der Waals surface area contributed by atoms with Crippen molar-refractivity contribution in [2.45, 2.75) is 155 Å². The molecule has 0 aliphatic rings. The maximum Gasteiger partial charge on any atom is 0.366 e. The number of anilines is 2. The summed E-state index contributed by atoms with van der Waals surface area (Å²) in [5, 5.41) is 44.9. The highest BCUT2D eigenvalue weighted by Gasteiger charge is 2.26. The normalized spacial score (nSPS) is 11.8. The van der Waals surface area contributed by atoms with E-state index < -0.39 is 30.3 Å². The Morgan fingerprint density at radius 3 is 1.93 bits per heavy atom. The van der Waals surface area contributed by atoms with Gasteiger partial charge < -0.3 is 34.8 Å². The molecule has 0 aliphatic heterocycles. The summed E-state index contributed by atoms with van der Waals surface area (Å²) < 4.78 is 17.7. The number of aliphatic hydroxyl groups excluding tert-OH is 1. The minimum Gasteiger partial charge on any atom is -0.506 e.